The van der Waals surface area contributed by atoms with E-state index in [2.05, 4.69) is 25.4 Å². The molecular weight excluding hydrogens is 427 g/mol. The first kappa shape index (κ1) is 22.4. The molecule has 2 aromatic carbocycles. The van der Waals surface area contributed by atoms with E-state index < -0.39 is 10.7 Å². The molecule has 0 saturated heterocycles. The molecule has 0 spiro atoms. The van der Waals surface area contributed by atoms with Crippen LogP contribution in [0.3, 0.4) is 0 Å². The van der Waals surface area contributed by atoms with Gasteiger partial charge in [0.05, 0.1) is 10.6 Å². The van der Waals surface area contributed by atoms with Gasteiger partial charge >= 0.3 is 0 Å². The molecule has 10 heteroatoms. The number of anilines is 2. The van der Waals surface area contributed by atoms with Crippen molar-refractivity contribution >= 4 is 23.0 Å². The van der Waals surface area contributed by atoms with E-state index in [4.69, 9.17) is 0 Å². The molecular formula is C23H25FN6O3. The summed E-state index contributed by atoms with van der Waals surface area (Å²) >= 11 is 0. The number of nitrogens with zero attached hydrogens (tertiary/aromatic N) is 4. The summed E-state index contributed by atoms with van der Waals surface area (Å²) in [6, 6.07) is 10.7. The first-order valence-electron chi connectivity index (χ1n) is 11.0. The molecule has 0 radical (unpaired) electrons. The average molecular weight is 452 g/mol. The fraction of sp³-hybridized carbons (Fsp3) is 0.348. The van der Waals surface area contributed by atoms with Crippen molar-refractivity contribution < 1.29 is 14.1 Å². The van der Waals surface area contributed by atoms with E-state index in [-0.39, 0.29) is 23.7 Å². The first-order valence-corrected chi connectivity index (χ1v) is 11.0. The third-order valence-corrected chi connectivity index (χ3v) is 5.60. The number of aryl methyl sites for hydroxylation is 1. The summed E-state index contributed by atoms with van der Waals surface area (Å²) in [5.41, 5.74) is 1.58. The van der Waals surface area contributed by atoms with Crippen molar-refractivity contribution in [1.82, 2.24) is 14.8 Å². The Morgan fingerprint density at radius 3 is 2.73 bits per heavy atom. The predicted molar refractivity (Wildman–Crippen MR) is 122 cm³/mol. The maximum Gasteiger partial charge on any atom is 0.269 e. The highest BCUT2D eigenvalue weighted by Gasteiger charge is 2.17. The van der Waals surface area contributed by atoms with Crippen molar-refractivity contribution in [3.05, 3.63) is 64.2 Å². The van der Waals surface area contributed by atoms with E-state index in [9.17, 15) is 19.3 Å². The molecule has 4 rings (SSSR count). The highest BCUT2D eigenvalue weighted by atomic mass is 19.1. The molecule has 1 aliphatic rings. The largest absolute Gasteiger partial charge is 0.385 e. The number of non-ortho nitro benzene ring substituents is 1. The Balaban J connectivity index is 1.33. The summed E-state index contributed by atoms with van der Waals surface area (Å²) in [5.74, 6) is 0.830. The number of amides is 1. The van der Waals surface area contributed by atoms with Crippen LogP contribution in [0.25, 0.3) is 11.4 Å². The number of nitro groups is 1. The molecule has 0 fully saturated rings. The summed E-state index contributed by atoms with van der Waals surface area (Å²) in [6.45, 7) is 1.33. The standard InChI is InChI=1S/C23H25FN6O3/c24-19-12-7-16(23-28-27-21-5-2-1-3-14-29(21)23)15-20(19)26-22(31)6-4-13-25-17-8-10-18(11-9-17)30(32)33/h7-12,15,25H,1-6,13-14H2,(H,26,31). The van der Waals surface area contributed by atoms with Crippen molar-refractivity contribution in [2.24, 2.45) is 0 Å². The van der Waals surface area contributed by atoms with Gasteiger partial charge in [-0.05, 0) is 49.6 Å². The van der Waals surface area contributed by atoms with Crippen molar-refractivity contribution in [1.29, 1.82) is 0 Å². The monoisotopic (exact) mass is 452 g/mol. The summed E-state index contributed by atoms with van der Waals surface area (Å²) in [6.07, 6.45) is 4.88. The van der Waals surface area contributed by atoms with Crippen LogP contribution in [0.2, 0.25) is 0 Å². The van der Waals surface area contributed by atoms with Gasteiger partial charge in [-0.1, -0.05) is 6.42 Å². The average Bonchev–Trinajstić information content (AvgIpc) is 3.06. The Labute approximate surface area is 190 Å². The number of hydrogen-bond donors (Lipinski definition) is 2. The SMILES string of the molecule is O=C(CCCNc1ccc([N+](=O)[O-])cc1)Nc1cc(-c2nnc3n2CCCCC3)ccc1F. The van der Waals surface area contributed by atoms with Gasteiger partial charge in [-0.25, -0.2) is 4.39 Å². The normalized spacial score (nSPS) is 13.1. The minimum Gasteiger partial charge on any atom is -0.385 e. The Morgan fingerprint density at radius 1 is 1.12 bits per heavy atom. The van der Waals surface area contributed by atoms with Crippen molar-refractivity contribution in [2.45, 2.75) is 45.1 Å². The van der Waals surface area contributed by atoms with Gasteiger partial charge in [0.2, 0.25) is 5.91 Å². The van der Waals surface area contributed by atoms with Gasteiger partial charge in [0.15, 0.2) is 5.82 Å². The molecule has 33 heavy (non-hydrogen) atoms. The zero-order chi connectivity index (χ0) is 23.2. The van der Waals surface area contributed by atoms with Gasteiger partial charge in [-0.2, -0.15) is 0 Å². The maximum absolute atomic E-state index is 14.4. The van der Waals surface area contributed by atoms with Crippen LogP contribution in [0.1, 0.15) is 37.9 Å². The molecule has 0 saturated carbocycles. The number of aromatic nitrogens is 3. The molecule has 0 aliphatic carbocycles. The second-order valence-corrected chi connectivity index (χ2v) is 7.98. The second kappa shape index (κ2) is 10.2. The van der Waals surface area contributed by atoms with Crippen LogP contribution in [0.15, 0.2) is 42.5 Å². The minimum absolute atomic E-state index is 0.0198. The Bertz CT molecular complexity index is 1150. The van der Waals surface area contributed by atoms with Crippen LogP contribution in [-0.4, -0.2) is 32.1 Å². The smallest absolute Gasteiger partial charge is 0.269 e. The lowest BCUT2D eigenvalue weighted by Gasteiger charge is -2.11. The van der Waals surface area contributed by atoms with Gasteiger partial charge < -0.3 is 15.2 Å². The Morgan fingerprint density at radius 2 is 1.94 bits per heavy atom. The van der Waals surface area contributed by atoms with E-state index in [0.29, 0.717) is 24.4 Å². The second-order valence-electron chi connectivity index (χ2n) is 7.98. The quantitative estimate of drug-likeness (QED) is 0.294. The number of hydrogen-bond acceptors (Lipinski definition) is 6. The molecule has 3 aromatic rings. The first-order chi connectivity index (χ1) is 16.0. The summed E-state index contributed by atoms with van der Waals surface area (Å²) in [7, 11) is 0. The maximum atomic E-state index is 14.4. The third kappa shape index (κ3) is 5.51. The number of nitrogens with one attached hydrogen (secondary N) is 2. The number of rotatable bonds is 8. The lowest BCUT2D eigenvalue weighted by atomic mass is 10.1. The zero-order valence-corrected chi connectivity index (χ0v) is 18.1. The van der Waals surface area contributed by atoms with E-state index in [0.717, 1.165) is 43.7 Å². The lowest BCUT2D eigenvalue weighted by Crippen LogP contribution is -2.14. The van der Waals surface area contributed by atoms with Gasteiger partial charge in [-0.15, -0.1) is 10.2 Å². The third-order valence-electron chi connectivity index (χ3n) is 5.60. The molecule has 0 bridgehead atoms. The van der Waals surface area contributed by atoms with Gasteiger partial charge in [-0.3, -0.25) is 14.9 Å². The van der Waals surface area contributed by atoms with Gasteiger partial charge in [0.1, 0.15) is 11.6 Å². The molecule has 0 unspecified atom stereocenters. The molecule has 1 amide bonds. The number of carbonyl (C=O) groups is 1. The van der Waals surface area contributed by atoms with Crippen LogP contribution in [0.4, 0.5) is 21.5 Å². The molecule has 2 heterocycles. The number of nitro benzene ring substituents is 1. The summed E-state index contributed by atoms with van der Waals surface area (Å²) < 4.78 is 16.4. The molecule has 1 aliphatic heterocycles. The van der Waals surface area contributed by atoms with Crippen LogP contribution >= 0.6 is 0 Å². The van der Waals surface area contributed by atoms with Crippen LogP contribution in [0, 0.1) is 15.9 Å². The van der Waals surface area contributed by atoms with E-state index in [1.54, 1.807) is 24.3 Å². The Hall–Kier alpha value is -3.82. The van der Waals surface area contributed by atoms with Crippen molar-refractivity contribution in [3.8, 4) is 11.4 Å². The molecule has 0 atom stereocenters. The lowest BCUT2D eigenvalue weighted by molar-refractivity contribution is -0.384. The number of fused-ring (bicyclic) bond motifs is 1. The number of benzene rings is 2. The van der Waals surface area contributed by atoms with Crippen molar-refractivity contribution in [2.75, 3.05) is 17.2 Å². The zero-order valence-electron chi connectivity index (χ0n) is 18.1. The van der Waals surface area contributed by atoms with Gasteiger partial charge in [0.25, 0.3) is 5.69 Å². The fourth-order valence-electron chi connectivity index (χ4n) is 3.85. The predicted octanol–water partition coefficient (Wildman–Crippen LogP) is 4.55. The molecule has 2 N–H and O–H groups in total. The van der Waals surface area contributed by atoms with E-state index in [1.165, 1.54) is 18.2 Å². The topological polar surface area (TPSA) is 115 Å². The van der Waals surface area contributed by atoms with Gasteiger partial charge in [0, 0.05) is 49.3 Å². The van der Waals surface area contributed by atoms with Crippen molar-refractivity contribution in [3.63, 3.8) is 0 Å². The summed E-state index contributed by atoms with van der Waals surface area (Å²) in [4.78, 5) is 22.6. The van der Waals surface area contributed by atoms with E-state index in [1.807, 2.05) is 0 Å². The Kier molecular flexibility index (Phi) is 6.92. The number of carbonyl (C=O) groups excluding carboxylic acids is 1. The van der Waals surface area contributed by atoms with E-state index >= 15 is 0 Å². The minimum atomic E-state index is -0.508. The molecule has 172 valence electrons. The number of halogens is 1. The summed E-state index contributed by atoms with van der Waals surface area (Å²) in [5, 5.41) is 25.0. The highest BCUT2D eigenvalue weighted by Crippen LogP contribution is 2.26. The highest BCUT2D eigenvalue weighted by molar-refractivity contribution is 5.91. The fourth-order valence-corrected chi connectivity index (χ4v) is 3.85. The van der Waals surface area contributed by atoms with Crippen LogP contribution in [-0.2, 0) is 17.8 Å². The van der Waals surface area contributed by atoms with Crippen LogP contribution < -0.4 is 10.6 Å². The molecule has 1 aromatic heterocycles. The molecule has 9 nitrogen and oxygen atoms in total. The van der Waals surface area contributed by atoms with Crippen LogP contribution in [0.5, 0.6) is 0 Å².